The van der Waals surface area contributed by atoms with E-state index in [9.17, 15) is 5.11 Å². The summed E-state index contributed by atoms with van der Waals surface area (Å²) in [5.41, 5.74) is 2.46. The van der Waals surface area contributed by atoms with Crippen LogP contribution in [-0.4, -0.2) is 5.11 Å². The van der Waals surface area contributed by atoms with Crippen LogP contribution in [0.25, 0.3) is 0 Å². The molecule has 0 spiro atoms. The molecule has 1 aliphatic rings. The molecule has 0 saturated heterocycles. The van der Waals surface area contributed by atoms with Crippen molar-refractivity contribution in [2.45, 2.75) is 20.0 Å². The van der Waals surface area contributed by atoms with Gasteiger partial charge in [-0.25, -0.2) is 0 Å². The number of rotatable bonds is 3. The predicted molar refractivity (Wildman–Crippen MR) is 80.8 cm³/mol. The van der Waals surface area contributed by atoms with Crippen molar-refractivity contribution in [2.24, 2.45) is 0 Å². The summed E-state index contributed by atoms with van der Waals surface area (Å²) in [6, 6.07) is 7.61. The molecule has 0 unspecified atom stereocenters. The van der Waals surface area contributed by atoms with Gasteiger partial charge in [0, 0.05) is 10.9 Å². The van der Waals surface area contributed by atoms with Crippen molar-refractivity contribution < 1.29 is 9.84 Å². The van der Waals surface area contributed by atoms with E-state index in [1.165, 1.54) is 0 Å². The molecular weight excluding hydrogens is 318 g/mol. The van der Waals surface area contributed by atoms with E-state index in [2.05, 4.69) is 22.0 Å². The highest BCUT2D eigenvalue weighted by molar-refractivity contribution is 9.10. The molecule has 1 aromatic rings. The minimum Gasteiger partial charge on any atom is -0.461 e. The van der Waals surface area contributed by atoms with E-state index < -0.39 is 0 Å². The molecule has 3 nitrogen and oxygen atoms in total. The van der Waals surface area contributed by atoms with E-state index in [1.807, 2.05) is 31.2 Å². The number of nitrogens with zero attached hydrogens (tertiary/aromatic N) is 1. The number of nitriles is 1. The average molecular weight is 332 g/mol. The van der Waals surface area contributed by atoms with E-state index >= 15 is 0 Å². The van der Waals surface area contributed by atoms with Crippen LogP contribution < -0.4 is 4.74 Å². The van der Waals surface area contributed by atoms with Gasteiger partial charge in [-0.05, 0) is 48.9 Å². The molecule has 1 aromatic carbocycles. The highest BCUT2D eigenvalue weighted by Gasteiger charge is 2.08. The summed E-state index contributed by atoms with van der Waals surface area (Å²) in [6.07, 6.45) is 6.07. The van der Waals surface area contributed by atoms with Gasteiger partial charge < -0.3 is 9.84 Å². The minimum atomic E-state index is -0.0474. The molecule has 0 aliphatic heterocycles. The molecule has 0 aromatic heterocycles. The number of hydrogen-bond donors (Lipinski definition) is 1. The molecule has 0 fully saturated rings. The fourth-order valence-corrected chi connectivity index (χ4v) is 2.28. The third-order valence-corrected chi connectivity index (χ3v) is 3.64. The minimum absolute atomic E-state index is 0.0474. The second kappa shape index (κ2) is 6.56. The molecule has 0 saturated carbocycles. The van der Waals surface area contributed by atoms with Crippen LogP contribution in [0.3, 0.4) is 0 Å². The summed E-state index contributed by atoms with van der Waals surface area (Å²) < 4.78 is 6.68. The maximum Gasteiger partial charge on any atom is 0.127 e. The Bertz CT molecular complexity index is 651. The van der Waals surface area contributed by atoms with Gasteiger partial charge in [0.05, 0.1) is 18.2 Å². The third kappa shape index (κ3) is 3.60. The van der Waals surface area contributed by atoms with E-state index in [0.717, 1.165) is 21.4 Å². The zero-order chi connectivity index (χ0) is 14.5. The molecular formula is C16H14BrNO2. The Kier molecular flexibility index (Phi) is 4.78. The summed E-state index contributed by atoms with van der Waals surface area (Å²) in [5, 5.41) is 18.2. The summed E-state index contributed by atoms with van der Waals surface area (Å²) in [4.78, 5) is 0. The van der Waals surface area contributed by atoms with Crippen LogP contribution in [0.15, 0.2) is 57.8 Å². The molecule has 102 valence electrons. The summed E-state index contributed by atoms with van der Waals surface area (Å²) in [5.74, 6) is 1.44. The SMILES string of the molecule is CC1=CC(C#N)=CC=C(Oc2ccc(Br)c(CO)c2)C1. The first kappa shape index (κ1) is 14.6. The summed E-state index contributed by atoms with van der Waals surface area (Å²) in [6.45, 7) is 1.92. The third-order valence-electron chi connectivity index (χ3n) is 2.87. The normalized spacial score (nSPS) is 14.6. The fraction of sp³-hybridized carbons (Fsp3) is 0.188. The second-order valence-electron chi connectivity index (χ2n) is 4.55. The van der Waals surface area contributed by atoms with E-state index in [0.29, 0.717) is 17.7 Å². The van der Waals surface area contributed by atoms with Gasteiger partial charge in [-0.3, -0.25) is 0 Å². The standard InChI is InChI=1S/C16H14BrNO2/c1-11-6-12(9-18)2-3-14(7-11)20-15-4-5-16(17)13(8-15)10-19/h2-6,8,19H,7,10H2,1H3. The van der Waals surface area contributed by atoms with Gasteiger partial charge in [0.25, 0.3) is 0 Å². The van der Waals surface area contributed by atoms with Gasteiger partial charge in [0.1, 0.15) is 11.5 Å². The van der Waals surface area contributed by atoms with Gasteiger partial charge in [0.15, 0.2) is 0 Å². The maximum absolute atomic E-state index is 9.25. The predicted octanol–water partition coefficient (Wildman–Crippen LogP) is 4.00. The quantitative estimate of drug-likeness (QED) is 0.910. The first-order valence-corrected chi connectivity index (χ1v) is 6.97. The molecule has 0 bridgehead atoms. The number of allylic oxidation sites excluding steroid dienone is 5. The molecule has 0 amide bonds. The average Bonchev–Trinajstić information content (AvgIpc) is 2.62. The lowest BCUT2D eigenvalue weighted by molar-refractivity contribution is 0.280. The number of hydrogen-bond acceptors (Lipinski definition) is 3. The summed E-state index contributed by atoms with van der Waals surface area (Å²) in [7, 11) is 0. The lowest BCUT2D eigenvalue weighted by atomic mass is 10.1. The Labute approximate surface area is 126 Å². The molecule has 20 heavy (non-hydrogen) atoms. The van der Waals surface area contributed by atoms with Gasteiger partial charge >= 0.3 is 0 Å². The highest BCUT2D eigenvalue weighted by Crippen LogP contribution is 2.26. The highest BCUT2D eigenvalue weighted by atomic mass is 79.9. The van der Waals surface area contributed by atoms with Gasteiger partial charge in [0.2, 0.25) is 0 Å². The van der Waals surface area contributed by atoms with Crippen LogP contribution in [0, 0.1) is 11.3 Å². The number of aliphatic hydroxyl groups excluding tert-OH is 1. The van der Waals surface area contributed by atoms with Crippen LogP contribution in [0.4, 0.5) is 0 Å². The van der Waals surface area contributed by atoms with E-state index in [1.54, 1.807) is 12.1 Å². The monoisotopic (exact) mass is 331 g/mol. The first-order chi connectivity index (χ1) is 9.62. The van der Waals surface area contributed by atoms with Crippen molar-refractivity contribution in [1.29, 1.82) is 5.26 Å². The molecule has 4 heteroatoms. The van der Waals surface area contributed by atoms with Crippen LogP contribution in [0.2, 0.25) is 0 Å². The van der Waals surface area contributed by atoms with Gasteiger partial charge in [-0.1, -0.05) is 21.5 Å². The number of ether oxygens (including phenoxy) is 1. The largest absolute Gasteiger partial charge is 0.461 e. The van der Waals surface area contributed by atoms with Gasteiger partial charge in [-0.2, -0.15) is 5.26 Å². The zero-order valence-electron chi connectivity index (χ0n) is 11.1. The molecule has 1 aliphatic carbocycles. The number of aliphatic hydroxyl groups is 1. The number of halogens is 1. The Morgan fingerprint density at radius 1 is 1.40 bits per heavy atom. The Hall–Kier alpha value is -1.83. The Morgan fingerprint density at radius 2 is 2.20 bits per heavy atom. The number of benzene rings is 1. The molecule has 0 heterocycles. The van der Waals surface area contributed by atoms with Crippen LogP contribution in [-0.2, 0) is 6.61 Å². The van der Waals surface area contributed by atoms with Gasteiger partial charge in [-0.15, -0.1) is 0 Å². The maximum atomic E-state index is 9.25. The Morgan fingerprint density at radius 3 is 2.90 bits per heavy atom. The van der Waals surface area contributed by atoms with Crippen LogP contribution in [0.1, 0.15) is 18.9 Å². The van der Waals surface area contributed by atoms with Crippen LogP contribution >= 0.6 is 15.9 Å². The first-order valence-electron chi connectivity index (χ1n) is 6.17. The van der Waals surface area contributed by atoms with Crippen molar-refractivity contribution in [2.75, 3.05) is 0 Å². The van der Waals surface area contributed by atoms with Crippen LogP contribution in [0.5, 0.6) is 5.75 Å². The van der Waals surface area contributed by atoms with Crippen molar-refractivity contribution in [3.05, 3.63) is 63.4 Å². The van der Waals surface area contributed by atoms with Crippen molar-refractivity contribution >= 4 is 15.9 Å². The molecule has 0 radical (unpaired) electrons. The topological polar surface area (TPSA) is 53.2 Å². The second-order valence-corrected chi connectivity index (χ2v) is 5.40. The molecule has 1 N–H and O–H groups in total. The Balaban J connectivity index is 2.23. The lowest BCUT2D eigenvalue weighted by Crippen LogP contribution is -1.97. The molecule has 0 atom stereocenters. The summed E-state index contributed by atoms with van der Waals surface area (Å²) >= 11 is 3.37. The van der Waals surface area contributed by atoms with E-state index in [4.69, 9.17) is 10.00 Å². The van der Waals surface area contributed by atoms with Crippen molar-refractivity contribution in [1.82, 2.24) is 0 Å². The van der Waals surface area contributed by atoms with E-state index in [-0.39, 0.29) is 6.61 Å². The smallest absolute Gasteiger partial charge is 0.127 e. The fourth-order valence-electron chi connectivity index (χ4n) is 1.91. The van der Waals surface area contributed by atoms with Crippen molar-refractivity contribution in [3.8, 4) is 11.8 Å². The van der Waals surface area contributed by atoms with Crippen molar-refractivity contribution in [3.63, 3.8) is 0 Å². The zero-order valence-corrected chi connectivity index (χ0v) is 12.6. The lowest BCUT2D eigenvalue weighted by Gasteiger charge is -2.11. The molecule has 2 rings (SSSR count).